The smallest absolute Gasteiger partial charge is 0.266 e. The van der Waals surface area contributed by atoms with E-state index < -0.39 is 22.0 Å². The molecule has 0 radical (unpaired) electrons. The van der Waals surface area contributed by atoms with Crippen LogP contribution in [0.25, 0.3) is 0 Å². The zero-order chi connectivity index (χ0) is 20.8. The Balaban J connectivity index is 1.71. The fourth-order valence-electron chi connectivity index (χ4n) is 3.47. The van der Waals surface area contributed by atoms with Crippen molar-refractivity contribution < 1.29 is 13.7 Å². The second-order valence-electron chi connectivity index (χ2n) is 6.88. The molecule has 4 rings (SSSR count). The summed E-state index contributed by atoms with van der Waals surface area (Å²) in [6.07, 6.45) is 1.30. The molecule has 0 saturated carbocycles. The molecule has 0 aliphatic carbocycles. The molecule has 2 unspecified atom stereocenters. The van der Waals surface area contributed by atoms with Gasteiger partial charge in [0.05, 0.1) is 14.8 Å². The summed E-state index contributed by atoms with van der Waals surface area (Å²) in [6, 6.07) is 6.98. The van der Waals surface area contributed by atoms with E-state index in [1.807, 2.05) is 19.1 Å². The van der Waals surface area contributed by atoms with E-state index in [0.29, 0.717) is 33.6 Å². The van der Waals surface area contributed by atoms with Gasteiger partial charge in [-0.25, -0.2) is 14.2 Å². The molecule has 2 aliphatic rings. The number of pyridine rings is 1. The number of carbonyl (C=O) groups is 1. The number of ether oxygens (including phenoxy) is 1. The van der Waals surface area contributed by atoms with E-state index in [0.717, 1.165) is 12.1 Å². The number of nitrogens with two attached hydrogens (primary N) is 1. The van der Waals surface area contributed by atoms with Gasteiger partial charge in [0.2, 0.25) is 5.96 Å². The maximum absolute atomic E-state index is 12.9. The van der Waals surface area contributed by atoms with E-state index in [9.17, 15) is 9.00 Å². The van der Waals surface area contributed by atoms with Gasteiger partial charge in [0.1, 0.15) is 11.4 Å². The standard InChI is InChI=1S/C18H20ClN5O3S2/c1-10-5-3-6-13(21-10)22-15(25)12-9-11(19)14(28-12)18-7-4-8-27-16(18)29(26)24(2)17(20)23-18/h3,5-6,9,16H,4,7-8H2,1-2H3,(H2,20,23)(H,21,22,25)/t16?,18-,29?/m1/s1. The third kappa shape index (κ3) is 3.54. The predicted molar refractivity (Wildman–Crippen MR) is 114 cm³/mol. The molecule has 4 heterocycles. The number of nitrogens with one attached hydrogen (secondary N) is 1. The van der Waals surface area contributed by atoms with Crippen LogP contribution in [0.15, 0.2) is 29.3 Å². The number of aryl methyl sites for hydroxylation is 1. The molecule has 2 aromatic rings. The molecule has 1 saturated heterocycles. The number of rotatable bonds is 3. The first-order chi connectivity index (χ1) is 13.8. The number of guanidine groups is 1. The number of hydrogen-bond acceptors (Lipinski definition) is 7. The predicted octanol–water partition coefficient (Wildman–Crippen LogP) is 2.61. The molecule has 11 heteroatoms. The van der Waals surface area contributed by atoms with E-state index >= 15 is 0 Å². The Morgan fingerprint density at radius 3 is 3.07 bits per heavy atom. The van der Waals surface area contributed by atoms with Crippen LogP contribution in [-0.4, -0.2) is 44.5 Å². The van der Waals surface area contributed by atoms with Crippen LogP contribution in [0.2, 0.25) is 5.02 Å². The van der Waals surface area contributed by atoms with Crippen LogP contribution in [-0.2, 0) is 21.3 Å². The van der Waals surface area contributed by atoms with Gasteiger partial charge in [0, 0.05) is 19.3 Å². The molecular weight excluding hydrogens is 434 g/mol. The number of carbonyl (C=O) groups excluding carboxylic acids is 1. The number of aliphatic imine (C=N–C) groups is 1. The van der Waals surface area contributed by atoms with Crippen molar-refractivity contribution in [2.75, 3.05) is 19.0 Å². The average Bonchev–Trinajstić information content (AvgIpc) is 3.09. The molecule has 2 aromatic heterocycles. The lowest BCUT2D eigenvalue weighted by molar-refractivity contribution is 0.00700. The van der Waals surface area contributed by atoms with Crippen molar-refractivity contribution in [3.8, 4) is 0 Å². The minimum Gasteiger partial charge on any atom is -0.369 e. The number of anilines is 1. The largest absolute Gasteiger partial charge is 0.369 e. The van der Waals surface area contributed by atoms with Crippen LogP contribution in [0.3, 0.4) is 0 Å². The molecule has 0 spiro atoms. The van der Waals surface area contributed by atoms with Gasteiger partial charge in [-0.15, -0.1) is 11.3 Å². The fourth-order valence-corrected chi connectivity index (χ4v) is 6.47. The number of aromatic nitrogens is 1. The summed E-state index contributed by atoms with van der Waals surface area (Å²) in [5, 5.41) is 3.16. The highest BCUT2D eigenvalue weighted by atomic mass is 35.5. The van der Waals surface area contributed by atoms with E-state index in [-0.39, 0.29) is 11.9 Å². The van der Waals surface area contributed by atoms with Gasteiger partial charge >= 0.3 is 0 Å². The van der Waals surface area contributed by atoms with Crippen molar-refractivity contribution in [1.29, 1.82) is 0 Å². The molecule has 8 nitrogen and oxygen atoms in total. The quantitative estimate of drug-likeness (QED) is 0.742. The van der Waals surface area contributed by atoms with Crippen molar-refractivity contribution in [2.24, 2.45) is 10.7 Å². The highest BCUT2D eigenvalue weighted by Gasteiger charge is 2.53. The van der Waals surface area contributed by atoms with Crippen molar-refractivity contribution in [1.82, 2.24) is 9.29 Å². The second kappa shape index (κ2) is 7.67. The van der Waals surface area contributed by atoms with Crippen LogP contribution in [0.4, 0.5) is 5.82 Å². The van der Waals surface area contributed by atoms with Gasteiger partial charge in [0.25, 0.3) is 5.91 Å². The normalized spacial score (nSPS) is 26.6. The Morgan fingerprint density at radius 2 is 2.31 bits per heavy atom. The maximum atomic E-state index is 12.9. The topological polar surface area (TPSA) is 110 Å². The lowest BCUT2D eigenvalue weighted by atomic mass is 9.91. The van der Waals surface area contributed by atoms with Gasteiger partial charge in [-0.05, 0) is 38.0 Å². The highest BCUT2D eigenvalue weighted by Crippen LogP contribution is 2.49. The monoisotopic (exact) mass is 453 g/mol. The SMILES string of the molecule is Cc1cccc(NC(=O)c2cc(Cl)c([C@]34CCCOC3S(=O)N(C)C(N)=N4)s2)n1. The summed E-state index contributed by atoms with van der Waals surface area (Å²) in [6.45, 7) is 2.33. The van der Waals surface area contributed by atoms with Gasteiger partial charge in [-0.2, -0.15) is 0 Å². The third-order valence-electron chi connectivity index (χ3n) is 4.88. The zero-order valence-corrected chi connectivity index (χ0v) is 18.2. The van der Waals surface area contributed by atoms with Crippen LogP contribution in [0.1, 0.15) is 33.1 Å². The van der Waals surface area contributed by atoms with Crippen molar-refractivity contribution in [3.63, 3.8) is 0 Å². The molecule has 154 valence electrons. The molecule has 2 aliphatic heterocycles. The number of thiophene rings is 1. The minimum absolute atomic E-state index is 0.157. The summed E-state index contributed by atoms with van der Waals surface area (Å²) in [7, 11) is 0.0893. The second-order valence-corrected chi connectivity index (χ2v) is 9.87. The third-order valence-corrected chi connectivity index (χ3v) is 8.21. The van der Waals surface area contributed by atoms with E-state index in [4.69, 9.17) is 22.1 Å². The van der Waals surface area contributed by atoms with Crippen LogP contribution >= 0.6 is 22.9 Å². The molecule has 3 N–H and O–H groups in total. The first-order valence-electron chi connectivity index (χ1n) is 8.98. The van der Waals surface area contributed by atoms with Gasteiger partial charge in [0.15, 0.2) is 16.4 Å². The Bertz CT molecular complexity index is 1030. The first kappa shape index (κ1) is 20.3. The Kier molecular flexibility index (Phi) is 5.36. The van der Waals surface area contributed by atoms with Crippen LogP contribution in [0.5, 0.6) is 0 Å². The summed E-state index contributed by atoms with van der Waals surface area (Å²) in [5.74, 6) is 0.294. The van der Waals surface area contributed by atoms with Crippen molar-refractivity contribution in [2.45, 2.75) is 30.7 Å². The molecular formula is C18H20ClN5O3S2. The van der Waals surface area contributed by atoms with Gasteiger partial charge in [-0.1, -0.05) is 17.7 Å². The molecule has 1 fully saturated rings. The summed E-state index contributed by atoms with van der Waals surface area (Å²) >= 11 is 7.75. The minimum atomic E-state index is -1.52. The van der Waals surface area contributed by atoms with Gasteiger partial charge in [-0.3, -0.25) is 9.10 Å². The molecule has 29 heavy (non-hydrogen) atoms. The highest BCUT2D eigenvalue weighted by molar-refractivity contribution is 7.83. The number of amides is 1. The number of nitrogens with zero attached hydrogens (tertiary/aromatic N) is 3. The van der Waals surface area contributed by atoms with E-state index in [2.05, 4.69) is 15.3 Å². The Labute approximate surface area is 179 Å². The summed E-state index contributed by atoms with van der Waals surface area (Å²) in [5.41, 5.74) is 5.15. The zero-order valence-electron chi connectivity index (χ0n) is 15.8. The fraction of sp³-hybridized carbons (Fsp3) is 0.389. The molecule has 0 aromatic carbocycles. The van der Waals surface area contributed by atoms with E-state index in [1.54, 1.807) is 19.2 Å². The number of halogens is 1. The molecule has 0 bridgehead atoms. The van der Waals surface area contributed by atoms with E-state index in [1.165, 1.54) is 15.6 Å². The number of fused-ring (bicyclic) bond motifs is 1. The average molecular weight is 454 g/mol. The van der Waals surface area contributed by atoms with Gasteiger partial charge < -0.3 is 15.8 Å². The lowest BCUT2D eigenvalue weighted by Gasteiger charge is -2.44. The Hall–Kier alpha value is -2.01. The maximum Gasteiger partial charge on any atom is 0.266 e. The number of hydrogen-bond donors (Lipinski definition) is 2. The first-order valence-corrected chi connectivity index (χ1v) is 11.3. The molecule has 3 atom stereocenters. The van der Waals surface area contributed by atoms with Crippen LogP contribution < -0.4 is 11.1 Å². The Morgan fingerprint density at radius 1 is 1.52 bits per heavy atom. The summed E-state index contributed by atoms with van der Waals surface area (Å²) in [4.78, 5) is 22.7. The van der Waals surface area contributed by atoms with Crippen LogP contribution in [0, 0.1) is 6.92 Å². The lowest BCUT2D eigenvalue weighted by Crippen LogP contribution is -2.57. The summed E-state index contributed by atoms with van der Waals surface area (Å²) < 4.78 is 20.1. The van der Waals surface area contributed by atoms with Crippen molar-refractivity contribution >= 4 is 51.6 Å². The van der Waals surface area contributed by atoms with Crippen molar-refractivity contribution in [3.05, 3.63) is 44.7 Å². The molecule has 1 amide bonds.